The zero-order chi connectivity index (χ0) is 5.98. The van der Waals surface area contributed by atoms with Crippen molar-refractivity contribution >= 4 is 0 Å². The van der Waals surface area contributed by atoms with E-state index in [0.717, 1.165) is 19.4 Å². The Kier molecular flexibility index (Phi) is 1.83. The van der Waals surface area contributed by atoms with Gasteiger partial charge in [-0.15, -0.1) is 0 Å². The fourth-order valence-electron chi connectivity index (χ4n) is 0.981. The summed E-state index contributed by atoms with van der Waals surface area (Å²) in [5.74, 6) is 0. The van der Waals surface area contributed by atoms with Gasteiger partial charge in [0.1, 0.15) is 0 Å². The van der Waals surface area contributed by atoms with Crippen LogP contribution < -0.4 is 16.8 Å². The minimum Gasteiger partial charge on any atom is -0.328 e. The van der Waals surface area contributed by atoms with Gasteiger partial charge in [-0.2, -0.15) is 0 Å². The molecule has 2 unspecified atom stereocenters. The van der Waals surface area contributed by atoms with Gasteiger partial charge >= 0.3 is 0 Å². The first kappa shape index (κ1) is 6.01. The Bertz CT molecular complexity index is 66.1. The highest BCUT2D eigenvalue weighted by Gasteiger charge is 2.13. The molecule has 1 fully saturated rings. The van der Waals surface area contributed by atoms with Crippen LogP contribution in [-0.2, 0) is 0 Å². The molecule has 0 aromatic rings. The van der Waals surface area contributed by atoms with E-state index in [0.29, 0.717) is 6.04 Å². The zero-order valence-corrected chi connectivity index (χ0v) is 4.93. The van der Waals surface area contributed by atoms with Gasteiger partial charge in [0.25, 0.3) is 0 Å². The van der Waals surface area contributed by atoms with Crippen molar-refractivity contribution in [2.24, 2.45) is 11.5 Å². The molecule has 8 heavy (non-hydrogen) atoms. The van der Waals surface area contributed by atoms with Gasteiger partial charge in [0, 0.05) is 6.04 Å². The molecule has 0 bridgehead atoms. The van der Waals surface area contributed by atoms with Crippen molar-refractivity contribution in [1.29, 1.82) is 0 Å². The van der Waals surface area contributed by atoms with Crippen LogP contribution in [0.5, 0.6) is 0 Å². The van der Waals surface area contributed by atoms with Crippen LogP contribution in [0.4, 0.5) is 0 Å². The van der Waals surface area contributed by atoms with Crippen LogP contribution in [0, 0.1) is 0 Å². The number of piperidine rings is 1. The highest BCUT2D eigenvalue weighted by atomic mass is 15.0. The lowest BCUT2D eigenvalue weighted by atomic mass is 10.1. The van der Waals surface area contributed by atoms with Crippen molar-refractivity contribution < 1.29 is 0 Å². The molecular formula is C5H13N3. The molecule has 1 heterocycles. The van der Waals surface area contributed by atoms with Crippen LogP contribution in [0.15, 0.2) is 0 Å². The number of rotatable bonds is 0. The molecule has 1 aliphatic heterocycles. The molecule has 0 saturated carbocycles. The summed E-state index contributed by atoms with van der Waals surface area (Å²) in [6, 6.07) is 0.325. The molecule has 1 saturated heterocycles. The Hall–Kier alpha value is -0.120. The second-order valence-corrected chi connectivity index (χ2v) is 2.35. The Labute approximate surface area is 49.4 Å². The number of hydrogen-bond donors (Lipinski definition) is 3. The molecule has 2 atom stereocenters. The zero-order valence-electron chi connectivity index (χ0n) is 4.93. The van der Waals surface area contributed by atoms with E-state index in [2.05, 4.69) is 5.32 Å². The van der Waals surface area contributed by atoms with E-state index in [9.17, 15) is 0 Å². The van der Waals surface area contributed by atoms with Crippen molar-refractivity contribution in [3.63, 3.8) is 0 Å². The normalized spacial score (nSPS) is 39.8. The van der Waals surface area contributed by atoms with Gasteiger partial charge in [0.2, 0.25) is 0 Å². The quantitative estimate of drug-likeness (QED) is 0.379. The van der Waals surface area contributed by atoms with E-state index in [-0.39, 0.29) is 6.17 Å². The highest BCUT2D eigenvalue weighted by molar-refractivity contribution is 4.75. The summed E-state index contributed by atoms with van der Waals surface area (Å²) in [7, 11) is 0. The van der Waals surface area contributed by atoms with Gasteiger partial charge < -0.3 is 16.8 Å². The molecule has 3 nitrogen and oxygen atoms in total. The van der Waals surface area contributed by atoms with Crippen LogP contribution in [0.1, 0.15) is 12.8 Å². The molecule has 0 radical (unpaired) electrons. The van der Waals surface area contributed by atoms with E-state index >= 15 is 0 Å². The second kappa shape index (κ2) is 2.44. The van der Waals surface area contributed by atoms with E-state index in [1.807, 2.05) is 0 Å². The third-order valence-corrected chi connectivity index (χ3v) is 1.48. The predicted octanol–water partition coefficient (Wildman–Crippen LogP) is -1.02. The maximum atomic E-state index is 5.61. The SMILES string of the molecule is NC1CCNC(N)C1. The lowest BCUT2D eigenvalue weighted by molar-refractivity contribution is 0.369. The van der Waals surface area contributed by atoms with Gasteiger partial charge in [0.15, 0.2) is 0 Å². The molecule has 0 aromatic carbocycles. The van der Waals surface area contributed by atoms with Crippen LogP contribution in [0.25, 0.3) is 0 Å². The number of nitrogens with two attached hydrogens (primary N) is 2. The number of hydrogen-bond acceptors (Lipinski definition) is 3. The monoisotopic (exact) mass is 115 g/mol. The fourth-order valence-corrected chi connectivity index (χ4v) is 0.981. The van der Waals surface area contributed by atoms with Crippen molar-refractivity contribution in [3.8, 4) is 0 Å². The van der Waals surface area contributed by atoms with Gasteiger partial charge in [-0.3, -0.25) is 0 Å². The van der Waals surface area contributed by atoms with E-state index < -0.39 is 0 Å². The Morgan fingerprint density at radius 3 is 2.50 bits per heavy atom. The maximum absolute atomic E-state index is 5.61. The molecule has 0 spiro atoms. The van der Waals surface area contributed by atoms with Gasteiger partial charge in [-0.25, -0.2) is 0 Å². The molecule has 1 rings (SSSR count). The first-order valence-corrected chi connectivity index (χ1v) is 3.03. The van der Waals surface area contributed by atoms with Crippen LogP contribution in [0.3, 0.4) is 0 Å². The predicted molar refractivity (Wildman–Crippen MR) is 33.2 cm³/mol. The molecule has 0 aliphatic carbocycles. The topological polar surface area (TPSA) is 64.1 Å². The van der Waals surface area contributed by atoms with E-state index in [4.69, 9.17) is 11.5 Å². The molecule has 1 aliphatic rings. The first-order valence-electron chi connectivity index (χ1n) is 3.03. The summed E-state index contributed by atoms with van der Waals surface area (Å²) in [5, 5.41) is 3.11. The third kappa shape index (κ3) is 1.43. The summed E-state index contributed by atoms with van der Waals surface area (Å²) >= 11 is 0. The van der Waals surface area contributed by atoms with Crippen LogP contribution >= 0.6 is 0 Å². The first-order chi connectivity index (χ1) is 3.79. The maximum Gasteiger partial charge on any atom is 0.0561 e. The molecule has 3 heteroatoms. The molecule has 48 valence electrons. The fraction of sp³-hybridized carbons (Fsp3) is 1.00. The summed E-state index contributed by atoms with van der Waals surface area (Å²) in [6.45, 7) is 0.975. The van der Waals surface area contributed by atoms with Gasteiger partial charge in [0.05, 0.1) is 6.17 Å². The van der Waals surface area contributed by atoms with Crippen LogP contribution in [0.2, 0.25) is 0 Å². The highest BCUT2D eigenvalue weighted by Crippen LogP contribution is 2.00. The summed E-state index contributed by atoms with van der Waals surface area (Å²) in [6.07, 6.45) is 2.12. The van der Waals surface area contributed by atoms with E-state index in [1.54, 1.807) is 0 Å². The number of nitrogens with one attached hydrogen (secondary N) is 1. The van der Waals surface area contributed by atoms with E-state index in [1.165, 1.54) is 0 Å². The minimum absolute atomic E-state index is 0.138. The Balaban J connectivity index is 2.23. The summed E-state index contributed by atoms with van der Waals surface area (Å²) in [4.78, 5) is 0. The summed E-state index contributed by atoms with van der Waals surface area (Å²) in [5.41, 5.74) is 11.1. The van der Waals surface area contributed by atoms with Crippen molar-refractivity contribution in [3.05, 3.63) is 0 Å². The lowest BCUT2D eigenvalue weighted by Gasteiger charge is -2.24. The molecule has 0 aromatic heterocycles. The van der Waals surface area contributed by atoms with Gasteiger partial charge in [-0.05, 0) is 19.4 Å². The van der Waals surface area contributed by atoms with Gasteiger partial charge in [-0.1, -0.05) is 0 Å². The van der Waals surface area contributed by atoms with Crippen molar-refractivity contribution in [1.82, 2.24) is 5.32 Å². The molecule has 0 amide bonds. The standard InChI is InChI=1S/C5H13N3/c6-4-1-2-8-5(7)3-4/h4-5,8H,1-3,6-7H2. The third-order valence-electron chi connectivity index (χ3n) is 1.48. The van der Waals surface area contributed by atoms with Crippen molar-refractivity contribution in [2.45, 2.75) is 25.0 Å². The minimum atomic E-state index is 0.138. The van der Waals surface area contributed by atoms with Crippen molar-refractivity contribution in [2.75, 3.05) is 6.54 Å². The van der Waals surface area contributed by atoms with Crippen LogP contribution in [-0.4, -0.2) is 18.8 Å². The summed E-state index contributed by atoms with van der Waals surface area (Å²) < 4.78 is 0. The average Bonchev–Trinajstić information content (AvgIpc) is 1.64. The largest absolute Gasteiger partial charge is 0.328 e. The second-order valence-electron chi connectivity index (χ2n) is 2.35. The molecular weight excluding hydrogens is 102 g/mol. The average molecular weight is 115 g/mol. The molecule has 5 N–H and O–H groups in total. The lowest BCUT2D eigenvalue weighted by Crippen LogP contribution is -2.48. The Morgan fingerprint density at radius 1 is 1.38 bits per heavy atom. The Morgan fingerprint density at radius 2 is 2.12 bits per heavy atom. The smallest absolute Gasteiger partial charge is 0.0561 e.